The predicted molar refractivity (Wildman–Crippen MR) is 72.6 cm³/mol. The van der Waals surface area contributed by atoms with Crippen molar-refractivity contribution in [3.05, 3.63) is 23.0 Å². The van der Waals surface area contributed by atoms with Gasteiger partial charge in [-0.25, -0.2) is 4.98 Å². The van der Waals surface area contributed by atoms with Gasteiger partial charge in [0.2, 0.25) is 0 Å². The number of hydrogen-bond donors (Lipinski definition) is 3. The lowest BCUT2D eigenvalue weighted by molar-refractivity contribution is -0.137. The monoisotopic (exact) mass is 276 g/mol. The minimum atomic E-state index is -0.868. The van der Waals surface area contributed by atoms with E-state index < -0.39 is 5.97 Å². The van der Waals surface area contributed by atoms with Gasteiger partial charge in [-0.1, -0.05) is 0 Å². The van der Waals surface area contributed by atoms with Gasteiger partial charge in [0.15, 0.2) is 5.65 Å². The van der Waals surface area contributed by atoms with E-state index in [1.165, 1.54) is 0 Å². The zero-order valence-corrected chi connectivity index (χ0v) is 11.4. The molecule has 0 saturated carbocycles. The lowest BCUT2D eigenvalue weighted by atomic mass is 10.1. The summed E-state index contributed by atoms with van der Waals surface area (Å²) in [6.45, 7) is 3.95. The smallest absolute Gasteiger partial charge is 0.303 e. The van der Waals surface area contributed by atoms with Gasteiger partial charge in [0, 0.05) is 24.4 Å². The molecule has 0 atom stereocenters. The number of H-pyrrole nitrogens is 1. The highest BCUT2D eigenvalue weighted by Gasteiger charge is 2.15. The van der Waals surface area contributed by atoms with E-state index in [4.69, 9.17) is 5.11 Å². The van der Waals surface area contributed by atoms with Crippen LogP contribution in [0.15, 0.2) is 6.07 Å². The fourth-order valence-corrected chi connectivity index (χ4v) is 2.02. The Morgan fingerprint density at radius 2 is 2.15 bits per heavy atom. The van der Waals surface area contributed by atoms with Gasteiger partial charge in [-0.3, -0.25) is 14.7 Å². The number of nitrogens with zero attached hydrogens (tertiary/aromatic N) is 2. The summed E-state index contributed by atoms with van der Waals surface area (Å²) in [4.78, 5) is 26.8. The topological polar surface area (TPSA) is 108 Å². The number of carboxylic acids is 1. The van der Waals surface area contributed by atoms with Crippen LogP contribution >= 0.6 is 0 Å². The van der Waals surface area contributed by atoms with Crippen LogP contribution in [0.25, 0.3) is 11.0 Å². The van der Waals surface area contributed by atoms with Gasteiger partial charge in [0.05, 0.1) is 10.9 Å². The number of aromatic nitrogens is 3. The summed E-state index contributed by atoms with van der Waals surface area (Å²) in [5, 5.41) is 18.8. The molecule has 0 aliphatic rings. The van der Waals surface area contributed by atoms with Crippen molar-refractivity contribution in [1.29, 1.82) is 0 Å². The molecule has 7 nitrogen and oxygen atoms in total. The minimum Gasteiger partial charge on any atom is -0.481 e. The summed E-state index contributed by atoms with van der Waals surface area (Å²) < 4.78 is 0. The number of aliphatic carboxylic acids is 1. The van der Waals surface area contributed by atoms with E-state index in [1.54, 1.807) is 13.0 Å². The van der Waals surface area contributed by atoms with Crippen molar-refractivity contribution in [3.8, 4) is 0 Å². The van der Waals surface area contributed by atoms with Crippen LogP contribution in [0.3, 0.4) is 0 Å². The Kier molecular flexibility index (Phi) is 3.97. The minimum absolute atomic E-state index is 0.0375. The van der Waals surface area contributed by atoms with Crippen LogP contribution in [-0.2, 0) is 4.79 Å². The molecule has 0 fully saturated rings. The van der Waals surface area contributed by atoms with Crippen molar-refractivity contribution in [2.45, 2.75) is 26.7 Å². The first-order chi connectivity index (χ1) is 9.49. The summed E-state index contributed by atoms with van der Waals surface area (Å²) in [7, 11) is 0. The van der Waals surface area contributed by atoms with Gasteiger partial charge in [0.25, 0.3) is 5.91 Å². The Bertz CT molecular complexity index is 663. The lowest BCUT2D eigenvalue weighted by Gasteiger charge is -2.06. The highest BCUT2D eigenvalue weighted by atomic mass is 16.4. The number of aryl methyl sites for hydroxylation is 2. The molecule has 2 heterocycles. The van der Waals surface area contributed by atoms with Gasteiger partial charge in [0.1, 0.15) is 0 Å². The normalized spacial score (nSPS) is 10.7. The highest BCUT2D eigenvalue weighted by Crippen LogP contribution is 2.19. The third kappa shape index (κ3) is 2.93. The molecule has 0 aromatic carbocycles. The van der Waals surface area contributed by atoms with Crippen molar-refractivity contribution in [2.24, 2.45) is 0 Å². The molecular weight excluding hydrogens is 260 g/mol. The zero-order chi connectivity index (χ0) is 14.7. The molecule has 106 valence electrons. The molecule has 2 aromatic rings. The maximum atomic E-state index is 12.2. The van der Waals surface area contributed by atoms with Crippen LogP contribution < -0.4 is 5.32 Å². The van der Waals surface area contributed by atoms with Gasteiger partial charge in [-0.05, 0) is 26.3 Å². The first-order valence-corrected chi connectivity index (χ1v) is 6.31. The van der Waals surface area contributed by atoms with Crippen LogP contribution in [-0.4, -0.2) is 38.7 Å². The molecule has 2 aromatic heterocycles. The number of carboxylic acid groups (broad SMARTS) is 1. The predicted octanol–water partition coefficient (Wildman–Crippen LogP) is 1.17. The van der Waals surface area contributed by atoms with Crippen LogP contribution in [0.2, 0.25) is 0 Å². The first-order valence-electron chi connectivity index (χ1n) is 6.31. The van der Waals surface area contributed by atoms with Crippen LogP contribution in [0, 0.1) is 13.8 Å². The summed E-state index contributed by atoms with van der Waals surface area (Å²) in [5.74, 6) is -1.11. The number of fused-ring (bicyclic) bond motifs is 1. The zero-order valence-electron chi connectivity index (χ0n) is 11.4. The van der Waals surface area contributed by atoms with E-state index in [0.29, 0.717) is 35.3 Å². The molecule has 2 rings (SSSR count). The molecule has 3 N–H and O–H groups in total. The Labute approximate surface area is 115 Å². The molecular formula is C13H16N4O3. The molecule has 7 heteroatoms. The maximum absolute atomic E-state index is 12.2. The Balaban J connectivity index is 2.17. The van der Waals surface area contributed by atoms with Gasteiger partial charge in [-0.15, -0.1) is 0 Å². The van der Waals surface area contributed by atoms with Crippen LogP contribution in [0.1, 0.15) is 34.6 Å². The number of pyridine rings is 1. The maximum Gasteiger partial charge on any atom is 0.303 e. The van der Waals surface area contributed by atoms with Crippen LogP contribution in [0.4, 0.5) is 0 Å². The van der Waals surface area contributed by atoms with E-state index >= 15 is 0 Å². The van der Waals surface area contributed by atoms with Gasteiger partial charge >= 0.3 is 5.97 Å². The number of hydrogen-bond acceptors (Lipinski definition) is 4. The first kappa shape index (κ1) is 14.0. The number of rotatable bonds is 5. The number of nitrogens with one attached hydrogen (secondary N) is 2. The summed E-state index contributed by atoms with van der Waals surface area (Å²) in [5.41, 5.74) is 2.51. The number of carbonyl (C=O) groups is 2. The third-order valence-corrected chi connectivity index (χ3v) is 2.93. The largest absolute Gasteiger partial charge is 0.481 e. The van der Waals surface area contributed by atoms with E-state index in [1.807, 2.05) is 6.92 Å². The average molecular weight is 276 g/mol. The molecule has 1 amide bonds. The third-order valence-electron chi connectivity index (χ3n) is 2.93. The molecule has 0 saturated heterocycles. The van der Waals surface area contributed by atoms with Crippen molar-refractivity contribution in [3.63, 3.8) is 0 Å². The SMILES string of the molecule is Cc1cc(C(=O)NCCCC(=O)O)c2c(C)[nH]nc2n1. The van der Waals surface area contributed by atoms with Crippen LogP contribution in [0.5, 0.6) is 0 Å². The molecule has 0 radical (unpaired) electrons. The van der Waals surface area contributed by atoms with Crippen molar-refractivity contribution in [2.75, 3.05) is 6.54 Å². The number of amides is 1. The Morgan fingerprint density at radius 1 is 1.40 bits per heavy atom. The molecule has 0 bridgehead atoms. The Morgan fingerprint density at radius 3 is 2.85 bits per heavy atom. The van der Waals surface area contributed by atoms with Crippen molar-refractivity contribution >= 4 is 22.9 Å². The molecule has 20 heavy (non-hydrogen) atoms. The second kappa shape index (κ2) is 5.68. The summed E-state index contributed by atoms with van der Waals surface area (Å²) >= 11 is 0. The molecule has 0 aliphatic carbocycles. The second-order valence-corrected chi connectivity index (χ2v) is 4.61. The van der Waals surface area contributed by atoms with E-state index in [9.17, 15) is 9.59 Å². The average Bonchev–Trinajstić information content (AvgIpc) is 2.74. The van der Waals surface area contributed by atoms with Gasteiger partial charge in [-0.2, -0.15) is 5.10 Å². The van der Waals surface area contributed by atoms with E-state index in [0.717, 1.165) is 5.69 Å². The molecule has 0 unspecified atom stereocenters. The standard InChI is InChI=1S/C13H16N4O3/c1-7-6-9(11-8(2)16-17-12(11)15-7)13(20)14-5-3-4-10(18)19/h6H,3-5H2,1-2H3,(H,14,20)(H,18,19)(H,15,16,17). The fraction of sp³-hybridized carbons (Fsp3) is 0.385. The second-order valence-electron chi connectivity index (χ2n) is 4.61. The lowest BCUT2D eigenvalue weighted by Crippen LogP contribution is -2.25. The quantitative estimate of drug-likeness (QED) is 0.710. The van der Waals surface area contributed by atoms with Crippen molar-refractivity contribution in [1.82, 2.24) is 20.5 Å². The van der Waals surface area contributed by atoms with E-state index in [2.05, 4.69) is 20.5 Å². The fourth-order valence-electron chi connectivity index (χ4n) is 2.02. The van der Waals surface area contributed by atoms with Gasteiger partial charge < -0.3 is 10.4 Å². The number of carbonyl (C=O) groups excluding carboxylic acids is 1. The molecule has 0 aliphatic heterocycles. The van der Waals surface area contributed by atoms with E-state index in [-0.39, 0.29) is 12.3 Å². The summed E-state index contributed by atoms with van der Waals surface area (Å²) in [6, 6.07) is 1.71. The van der Waals surface area contributed by atoms with Crippen molar-refractivity contribution < 1.29 is 14.7 Å². The number of aromatic amines is 1. The highest BCUT2D eigenvalue weighted by molar-refractivity contribution is 6.06. The summed E-state index contributed by atoms with van der Waals surface area (Å²) in [6.07, 6.45) is 0.439. The Hall–Kier alpha value is -2.44. The molecule has 0 spiro atoms.